The second-order valence-electron chi connectivity index (χ2n) is 2.39. The van der Waals surface area contributed by atoms with E-state index in [9.17, 15) is 0 Å². The molecule has 1 heterocycles. The molecule has 0 bridgehead atoms. The molecule has 0 aliphatic rings. The van der Waals surface area contributed by atoms with Crippen molar-refractivity contribution >= 4 is 17.4 Å². The normalized spacial score (nSPS) is 12.2. The van der Waals surface area contributed by atoms with Crippen LogP contribution in [0.25, 0.3) is 0 Å². The molecule has 3 nitrogen and oxygen atoms in total. The first kappa shape index (κ1) is 9.00. The van der Waals surface area contributed by atoms with Crippen molar-refractivity contribution in [2.45, 2.75) is 13.0 Å². The minimum atomic E-state index is 0.177. The summed E-state index contributed by atoms with van der Waals surface area (Å²) < 4.78 is 0. The topological polar surface area (TPSA) is 37.8 Å². The number of aromatic nitrogens is 2. The van der Waals surface area contributed by atoms with Crippen molar-refractivity contribution in [1.82, 2.24) is 9.97 Å². The minimum Gasteiger partial charge on any atom is -0.364 e. The molecule has 1 N–H and O–H groups in total. The lowest BCUT2D eigenvalue weighted by Gasteiger charge is -2.08. The van der Waals surface area contributed by atoms with E-state index in [1.165, 1.54) is 6.33 Å². The maximum absolute atomic E-state index is 5.65. The van der Waals surface area contributed by atoms with Gasteiger partial charge in [-0.1, -0.05) is 17.7 Å². The number of halogens is 1. The van der Waals surface area contributed by atoms with Gasteiger partial charge in [-0.15, -0.1) is 6.58 Å². The number of hydrogen-bond donors (Lipinski definition) is 1. The van der Waals surface area contributed by atoms with Crippen LogP contribution < -0.4 is 5.32 Å². The van der Waals surface area contributed by atoms with Gasteiger partial charge in [0.15, 0.2) is 0 Å². The molecular formula is C8H10ClN3. The molecule has 4 heteroatoms. The summed E-state index contributed by atoms with van der Waals surface area (Å²) in [7, 11) is 0. The summed E-state index contributed by atoms with van der Waals surface area (Å²) in [5, 5.41) is 3.51. The van der Waals surface area contributed by atoms with Crippen molar-refractivity contribution in [1.29, 1.82) is 0 Å². The number of nitrogens with zero attached hydrogens (tertiary/aromatic N) is 2. The Morgan fingerprint density at radius 3 is 3.00 bits per heavy atom. The van der Waals surface area contributed by atoms with Crippen molar-refractivity contribution in [3.8, 4) is 0 Å². The predicted octanol–water partition coefficient (Wildman–Crippen LogP) is 2.12. The first-order chi connectivity index (χ1) is 5.72. The van der Waals surface area contributed by atoms with E-state index < -0.39 is 0 Å². The Balaban J connectivity index is 2.69. The van der Waals surface area contributed by atoms with Gasteiger partial charge in [0.25, 0.3) is 0 Å². The zero-order chi connectivity index (χ0) is 8.97. The molecule has 64 valence electrons. The third-order valence-electron chi connectivity index (χ3n) is 1.36. The van der Waals surface area contributed by atoms with Gasteiger partial charge in [0.2, 0.25) is 0 Å². The molecule has 1 rings (SSSR count). The first-order valence-corrected chi connectivity index (χ1v) is 3.97. The lowest BCUT2D eigenvalue weighted by atomic mass is 10.3. The summed E-state index contributed by atoms with van der Waals surface area (Å²) in [6, 6.07) is 1.85. The van der Waals surface area contributed by atoms with Crippen LogP contribution in [0.5, 0.6) is 0 Å². The Labute approximate surface area is 76.5 Å². The highest BCUT2D eigenvalue weighted by molar-refractivity contribution is 6.29. The van der Waals surface area contributed by atoms with Crippen LogP contribution in [0.1, 0.15) is 6.92 Å². The van der Waals surface area contributed by atoms with Crippen molar-refractivity contribution in [3.05, 3.63) is 30.2 Å². The number of anilines is 1. The van der Waals surface area contributed by atoms with E-state index in [2.05, 4.69) is 21.9 Å². The summed E-state index contributed by atoms with van der Waals surface area (Å²) in [4.78, 5) is 7.73. The Morgan fingerprint density at radius 1 is 1.67 bits per heavy atom. The Bertz CT molecular complexity index is 275. The lowest BCUT2D eigenvalue weighted by Crippen LogP contribution is -2.12. The standard InChI is InChI=1S/C8H10ClN3/c1-3-6(2)12-8-4-7(9)10-5-11-8/h3-6H,1H2,2H3,(H,10,11,12). The van der Waals surface area contributed by atoms with Gasteiger partial charge < -0.3 is 5.32 Å². The van der Waals surface area contributed by atoms with E-state index in [4.69, 9.17) is 11.6 Å². The highest BCUT2D eigenvalue weighted by Gasteiger charge is 1.98. The SMILES string of the molecule is C=CC(C)Nc1cc(Cl)ncn1. The zero-order valence-electron chi connectivity index (χ0n) is 6.79. The fourth-order valence-corrected chi connectivity index (χ4v) is 0.852. The summed E-state index contributed by atoms with van der Waals surface area (Å²) in [6.07, 6.45) is 3.20. The van der Waals surface area contributed by atoms with Crippen LogP contribution in [-0.2, 0) is 0 Å². The molecule has 1 aromatic rings. The summed E-state index contributed by atoms with van der Waals surface area (Å²) in [5.41, 5.74) is 0. The quantitative estimate of drug-likeness (QED) is 0.576. The molecule has 1 atom stereocenters. The monoisotopic (exact) mass is 183 g/mol. The largest absolute Gasteiger partial charge is 0.364 e. The van der Waals surface area contributed by atoms with Gasteiger partial charge in [0, 0.05) is 12.1 Å². The van der Waals surface area contributed by atoms with E-state index in [1.54, 1.807) is 12.1 Å². The van der Waals surface area contributed by atoms with Gasteiger partial charge in [-0.05, 0) is 6.92 Å². The van der Waals surface area contributed by atoms with E-state index >= 15 is 0 Å². The molecule has 0 fully saturated rings. The van der Waals surface area contributed by atoms with Crippen LogP contribution >= 0.6 is 11.6 Å². The molecule has 0 aliphatic heterocycles. The third kappa shape index (κ3) is 2.51. The zero-order valence-corrected chi connectivity index (χ0v) is 7.54. The maximum Gasteiger partial charge on any atom is 0.134 e. The van der Waals surface area contributed by atoms with Crippen molar-refractivity contribution < 1.29 is 0 Å². The fraction of sp³-hybridized carbons (Fsp3) is 0.250. The van der Waals surface area contributed by atoms with Crippen molar-refractivity contribution in [2.24, 2.45) is 0 Å². The molecule has 1 unspecified atom stereocenters. The van der Waals surface area contributed by atoms with Crippen LogP contribution in [0.15, 0.2) is 25.0 Å². The second-order valence-corrected chi connectivity index (χ2v) is 2.78. The molecule has 0 aliphatic carbocycles. The van der Waals surface area contributed by atoms with Gasteiger partial charge >= 0.3 is 0 Å². The van der Waals surface area contributed by atoms with Crippen LogP contribution in [0.3, 0.4) is 0 Å². The van der Waals surface area contributed by atoms with E-state index in [-0.39, 0.29) is 6.04 Å². The molecule has 0 amide bonds. The second kappa shape index (κ2) is 4.07. The average Bonchev–Trinajstić information content (AvgIpc) is 2.04. The number of nitrogens with one attached hydrogen (secondary N) is 1. The summed E-state index contributed by atoms with van der Waals surface area (Å²) in [5.74, 6) is 0.711. The smallest absolute Gasteiger partial charge is 0.134 e. The number of rotatable bonds is 3. The maximum atomic E-state index is 5.65. The molecule has 1 aromatic heterocycles. The third-order valence-corrected chi connectivity index (χ3v) is 1.57. The summed E-state index contributed by atoms with van der Waals surface area (Å²) >= 11 is 5.65. The lowest BCUT2D eigenvalue weighted by molar-refractivity contribution is 0.976. The van der Waals surface area contributed by atoms with Gasteiger partial charge in [0.1, 0.15) is 17.3 Å². The van der Waals surface area contributed by atoms with Gasteiger partial charge in [-0.2, -0.15) is 0 Å². The molecule has 0 saturated heterocycles. The first-order valence-electron chi connectivity index (χ1n) is 3.59. The van der Waals surface area contributed by atoms with E-state index in [0.717, 1.165) is 0 Å². The highest BCUT2D eigenvalue weighted by Crippen LogP contribution is 2.09. The molecule has 0 spiro atoms. The fourth-order valence-electron chi connectivity index (χ4n) is 0.705. The predicted molar refractivity (Wildman–Crippen MR) is 50.3 cm³/mol. The van der Waals surface area contributed by atoms with Crippen molar-refractivity contribution in [3.63, 3.8) is 0 Å². The van der Waals surface area contributed by atoms with Gasteiger partial charge in [-0.3, -0.25) is 0 Å². The molecule has 0 aromatic carbocycles. The molecular weight excluding hydrogens is 174 g/mol. The molecule has 0 radical (unpaired) electrons. The Kier molecular flexibility index (Phi) is 3.05. The van der Waals surface area contributed by atoms with Crippen LogP contribution in [0.2, 0.25) is 5.15 Å². The Morgan fingerprint density at radius 2 is 2.42 bits per heavy atom. The molecule has 12 heavy (non-hydrogen) atoms. The van der Waals surface area contributed by atoms with Gasteiger partial charge in [0.05, 0.1) is 0 Å². The van der Waals surface area contributed by atoms with E-state index in [1.807, 2.05) is 6.92 Å². The summed E-state index contributed by atoms with van der Waals surface area (Å²) in [6.45, 7) is 5.62. The van der Waals surface area contributed by atoms with Crippen LogP contribution in [-0.4, -0.2) is 16.0 Å². The number of hydrogen-bond acceptors (Lipinski definition) is 3. The minimum absolute atomic E-state index is 0.177. The Hall–Kier alpha value is -1.09. The average molecular weight is 184 g/mol. The van der Waals surface area contributed by atoms with Crippen LogP contribution in [0, 0.1) is 0 Å². The van der Waals surface area contributed by atoms with Crippen LogP contribution in [0.4, 0.5) is 5.82 Å². The molecule has 0 saturated carbocycles. The van der Waals surface area contributed by atoms with Crippen molar-refractivity contribution in [2.75, 3.05) is 5.32 Å². The highest BCUT2D eigenvalue weighted by atomic mass is 35.5. The van der Waals surface area contributed by atoms with Gasteiger partial charge in [-0.25, -0.2) is 9.97 Å². The van der Waals surface area contributed by atoms with E-state index in [0.29, 0.717) is 11.0 Å².